The predicted octanol–water partition coefficient (Wildman–Crippen LogP) is 4.97. The molecule has 1 unspecified atom stereocenters. The minimum atomic E-state index is -1.23. The fourth-order valence-electron chi connectivity index (χ4n) is 3.33. The molecule has 0 amide bonds. The Bertz CT molecular complexity index is 1310. The van der Waals surface area contributed by atoms with E-state index >= 15 is 0 Å². The summed E-state index contributed by atoms with van der Waals surface area (Å²) in [6.45, 7) is 7.81. The number of hydrogen-bond acceptors (Lipinski definition) is 10. The van der Waals surface area contributed by atoms with Gasteiger partial charge in [0.25, 0.3) is 0 Å². The molecule has 0 heterocycles. The van der Waals surface area contributed by atoms with Crippen molar-refractivity contribution >= 4 is 17.9 Å². The maximum atomic E-state index is 12.5. The summed E-state index contributed by atoms with van der Waals surface area (Å²) in [6, 6.07) is 19.5. The van der Waals surface area contributed by atoms with Gasteiger partial charge in [0.15, 0.2) is 0 Å². The third-order valence-electron chi connectivity index (χ3n) is 5.47. The van der Waals surface area contributed by atoms with E-state index in [9.17, 15) is 19.5 Å². The van der Waals surface area contributed by atoms with Gasteiger partial charge in [-0.15, -0.1) is 0 Å². The highest BCUT2D eigenvalue weighted by Crippen LogP contribution is 2.25. The van der Waals surface area contributed by atoms with E-state index < -0.39 is 24.2 Å². The van der Waals surface area contributed by atoms with Crippen LogP contribution in [0.4, 0.5) is 0 Å². The monoisotopic (exact) mass is 576 g/mol. The zero-order chi connectivity index (χ0) is 30.2. The van der Waals surface area contributed by atoms with E-state index in [1.54, 1.807) is 72.8 Å². The average Bonchev–Trinajstić information content (AvgIpc) is 3.01. The van der Waals surface area contributed by atoms with Crippen LogP contribution in [0, 0.1) is 0 Å². The Morgan fingerprint density at radius 2 is 1.10 bits per heavy atom. The minimum Gasteiger partial charge on any atom is -0.493 e. The Labute approximate surface area is 243 Å². The van der Waals surface area contributed by atoms with E-state index in [0.29, 0.717) is 60.2 Å². The fourth-order valence-corrected chi connectivity index (χ4v) is 3.33. The van der Waals surface area contributed by atoms with Crippen molar-refractivity contribution in [3.8, 4) is 23.0 Å². The molecule has 0 aliphatic heterocycles. The van der Waals surface area contributed by atoms with Gasteiger partial charge in [0.2, 0.25) is 6.29 Å². The quantitative estimate of drug-likeness (QED) is 0.0773. The molecule has 1 N–H and O–H groups in total. The molecule has 10 nitrogen and oxygen atoms in total. The topological polar surface area (TPSA) is 127 Å². The molecule has 0 bridgehead atoms. The van der Waals surface area contributed by atoms with Crippen LogP contribution in [0.2, 0.25) is 0 Å². The van der Waals surface area contributed by atoms with Gasteiger partial charge >= 0.3 is 17.9 Å². The molecule has 0 saturated carbocycles. The first kappa shape index (κ1) is 31.4. The van der Waals surface area contributed by atoms with Crippen LogP contribution in [0.1, 0.15) is 35.1 Å². The van der Waals surface area contributed by atoms with Gasteiger partial charge in [0.05, 0.1) is 32.0 Å². The largest absolute Gasteiger partial charge is 0.493 e. The van der Waals surface area contributed by atoms with Crippen LogP contribution in [0.25, 0.3) is 0 Å². The first-order valence-electron chi connectivity index (χ1n) is 13.1. The first-order valence-corrected chi connectivity index (χ1v) is 13.1. The standard InChI is InChI=1S/C32H32O10/c1-3-29(33)39-21-5-19-37-25-11-7-23(8-12-25)31(35)41-27-15-17-28(18-16-27)42-32(36)24-9-13-26(14-10-24)38-20-6-22-40-30(34)4-2/h3-4,7-18,31,35H,1-2,5-6,19-22H2. The number of esters is 3. The van der Waals surface area contributed by atoms with Crippen molar-refractivity contribution in [2.75, 3.05) is 26.4 Å². The average molecular weight is 577 g/mol. The van der Waals surface area contributed by atoms with Crippen molar-refractivity contribution in [1.82, 2.24) is 0 Å². The lowest BCUT2D eigenvalue weighted by Gasteiger charge is -2.15. The fraction of sp³-hybridized carbons (Fsp3) is 0.219. The molecular weight excluding hydrogens is 544 g/mol. The summed E-state index contributed by atoms with van der Waals surface area (Å²) in [7, 11) is 0. The SMILES string of the molecule is C=CC(=O)OCCCOc1ccc(C(=O)Oc2ccc(OC(O)c3ccc(OCCCOC(=O)C=C)cc3)cc2)cc1. The van der Waals surface area contributed by atoms with Crippen LogP contribution >= 0.6 is 0 Å². The second-order valence-corrected chi connectivity index (χ2v) is 8.57. The highest BCUT2D eigenvalue weighted by atomic mass is 16.6. The molecule has 220 valence electrons. The number of carbonyl (C=O) groups is 3. The summed E-state index contributed by atoms with van der Waals surface area (Å²) in [5.41, 5.74) is 0.850. The van der Waals surface area contributed by atoms with Gasteiger partial charge in [-0.05, 0) is 72.8 Å². The molecule has 42 heavy (non-hydrogen) atoms. The van der Waals surface area contributed by atoms with Crippen molar-refractivity contribution in [2.24, 2.45) is 0 Å². The van der Waals surface area contributed by atoms with E-state index in [0.717, 1.165) is 12.2 Å². The van der Waals surface area contributed by atoms with Crippen molar-refractivity contribution in [3.05, 3.63) is 109 Å². The van der Waals surface area contributed by atoms with Gasteiger partial charge in [0.1, 0.15) is 23.0 Å². The maximum absolute atomic E-state index is 12.5. The van der Waals surface area contributed by atoms with E-state index in [1.165, 1.54) is 0 Å². The van der Waals surface area contributed by atoms with Crippen LogP contribution < -0.4 is 18.9 Å². The first-order chi connectivity index (χ1) is 20.4. The highest BCUT2D eigenvalue weighted by Gasteiger charge is 2.12. The normalized spacial score (nSPS) is 11.0. The molecule has 0 saturated heterocycles. The number of aliphatic hydroxyl groups is 1. The Hall–Kier alpha value is -5.09. The van der Waals surface area contributed by atoms with Gasteiger partial charge < -0.3 is 33.5 Å². The molecular formula is C32H32O10. The Morgan fingerprint density at radius 3 is 1.60 bits per heavy atom. The third kappa shape index (κ3) is 10.8. The number of benzene rings is 3. The van der Waals surface area contributed by atoms with E-state index in [2.05, 4.69) is 13.2 Å². The summed E-state index contributed by atoms with van der Waals surface area (Å²) >= 11 is 0. The lowest BCUT2D eigenvalue weighted by atomic mass is 10.2. The molecule has 0 fully saturated rings. The minimum absolute atomic E-state index is 0.223. The zero-order valence-corrected chi connectivity index (χ0v) is 22.9. The van der Waals surface area contributed by atoms with Crippen molar-refractivity contribution in [3.63, 3.8) is 0 Å². The molecule has 1 atom stereocenters. The van der Waals surface area contributed by atoms with E-state index in [-0.39, 0.29) is 13.2 Å². The molecule has 0 spiro atoms. The van der Waals surface area contributed by atoms with Gasteiger partial charge in [-0.3, -0.25) is 0 Å². The third-order valence-corrected chi connectivity index (χ3v) is 5.47. The zero-order valence-electron chi connectivity index (χ0n) is 22.9. The number of hydrogen-bond donors (Lipinski definition) is 1. The summed E-state index contributed by atoms with van der Waals surface area (Å²) in [5.74, 6) is 0.329. The summed E-state index contributed by atoms with van der Waals surface area (Å²) in [4.78, 5) is 34.5. The summed E-state index contributed by atoms with van der Waals surface area (Å²) in [5, 5.41) is 10.4. The van der Waals surface area contributed by atoms with E-state index in [1.807, 2.05) is 0 Å². The number of carbonyl (C=O) groups excluding carboxylic acids is 3. The van der Waals surface area contributed by atoms with Crippen molar-refractivity contribution in [2.45, 2.75) is 19.1 Å². The van der Waals surface area contributed by atoms with Gasteiger partial charge in [-0.2, -0.15) is 0 Å². The molecule has 0 aliphatic carbocycles. The smallest absolute Gasteiger partial charge is 0.343 e. The predicted molar refractivity (Wildman–Crippen MR) is 152 cm³/mol. The second-order valence-electron chi connectivity index (χ2n) is 8.57. The summed E-state index contributed by atoms with van der Waals surface area (Å²) < 4.78 is 31.9. The van der Waals surface area contributed by atoms with Crippen LogP contribution in [-0.4, -0.2) is 49.4 Å². The van der Waals surface area contributed by atoms with Crippen LogP contribution in [-0.2, 0) is 19.1 Å². The maximum Gasteiger partial charge on any atom is 0.343 e. The van der Waals surface area contributed by atoms with Crippen LogP contribution in [0.3, 0.4) is 0 Å². The number of rotatable bonds is 17. The van der Waals surface area contributed by atoms with E-state index in [4.69, 9.17) is 28.4 Å². The molecule has 10 heteroatoms. The van der Waals surface area contributed by atoms with Crippen LogP contribution in [0.5, 0.6) is 23.0 Å². The molecule has 0 aromatic heterocycles. The lowest BCUT2D eigenvalue weighted by molar-refractivity contribution is -0.138. The highest BCUT2D eigenvalue weighted by molar-refractivity contribution is 5.91. The molecule has 3 aromatic carbocycles. The Balaban J connectivity index is 1.40. The van der Waals surface area contributed by atoms with Gasteiger partial charge in [0, 0.05) is 30.6 Å². The molecule has 3 rings (SSSR count). The molecule has 0 radical (unpaired) electrons. The summed E-state index contributed by atoms with van der Waals surface area (Å²) in [6.07, 6.45) is 2.02. The van der Waals surface area contributed by atoms with Crippen LogP contribution in [0.15, 0.2) is 98.1 Å². The van der Waals surface area contributed by atoms with Crippen molar-refractivity contribution < 1.29 is 47.9 Å². The Morgan fingerprint density at radius 1 is 0.643 bits per heavy atom. The molecule has 0 aliphatic rings. The van der Waals surface area contributed by atoms with Gasteiger partial charge in [-0.1, -0.05) is 13.2 Å². The van der Waals surface area contributed by atoms with Gasteiger partial charge in [-0.25, -0.2) is 14.4 Å². The van der Waals surface area contributed by atoms with Crippen molar-refractivity contribution in [1.29, 1.82) is 0 Å². The number of aliphatic hydroxyl groups excluding tert-OH is 1. The Kier molecular flexibility index (Phi) is 12.6. The molecule has 3 aromatic rings. The lowest BCUT2D eigenvalue weighted by Crippen LogP contribution is -2.09. The second kappa shape index (κ2) is 16.9. The number of ether oxygens (including phenoxy) is 6.